The monoisotopic (exact) mass is 454 g/mol. The van der Waals surface area contributed by atoms with Crippen molar-refractivity contribution < 1.29 is 23.9 Å². The molecule has 170 valence electrons. The summed E-state index contributed by atoms with van der Waals surface area (Å²) in [6, 6.07) is 21.1. The number of hydrogen-bond donors (Lipinski definition) is 1. The third-order valence-corrected chi connectivity index (χ3v) is 5.44. The molecule has 34 heavy (non-hydrogen) atoms. The van der Waals surface area contributed by atoms with E-state index in [2.05, 4.69) is 11.9 Å². The second-order valence-corrected chi connectivity index (χ2v) is 7.72. The molecule has 0 radical (unpaired) electrons. The molecule has 0 aliphatic carbocycles. The van der Waals surface area contributed by atoms with Crippen LogP contribution in [0.1, 0.15) is 38.0 Å². The Bertz CT molecular complexity index is 1300. The molecule has 0 saturated heterocycles. The second-order valence-electron chi connectivity index (χ2n) is 7.72. The normalized spacial score (nSPS) is 13.3. The molecule has 1 N–H and O–H groups in total. The summed E-state index contributed by atoms with van der Waals surface area (Å²) in [6.07, 6.45) is 0.353. The maximum absolute atomic E-state index is 12.8. The zero-order chi connectivity index (χ0) is 24.2. The molecule has 3 amide bonds. The van der Waals surface area contributed by atoms with Crippen LogP contribution in [0.3, 0.4) is 0 Å². The molecule has 1 aliphatic rings. The van der Waals surface area contributed by atoms with Gasteiger partial charge in [-0.3, -0.25) is 19.3 Å². The van der Waals surface area contributed by atoms with Gasteiger partial charge in [-0.05, 0) is 36.8 Å². The summed E-state index contributed by atoms with van der Waals surface area (Å²) in [6.45, 7) is 5.09. The number of fused-ring (bicyclic) bond motifs is 1. The molecule has 3 aromatic carbocycles. The van der Waals surface area contributed by atoms with E-state index >= 15 is 0 Å². The molecular weight excluding hydrogens is 432 g/mol. The fraction of sp³-hybridized carbons (Fsp3) is 0.111. The second kappa shape index (κ2) is 9.54. The van der Waals surface area contributed by atoms with E-state index in [0.29, 0.717) is 5.69 Å². The number of amides is 3. The van der Waals surface area contributed by atoms with Crippen LogP contribution in [-0.4, -0.2) is 41.2 Å². The molecule has 1 unspecified atom stereocenters. The Balaban J connectivity index is 1.47. The van der Waals surface area contributed by atoms with E-state index in [-0.39, 0.29) is 23.2 Å². The van der Waals surface area contributed by atoms with E-state index in [1.54, 1.807) is 12.1 Å². The summed E-state index contributed by atoms with van der Waals surface area (Å²) in [7, 11) is 0. The molecule has 1 atom stereocenters. The number of rotatable bonds is 7. The highest BCUT2D eigenvalue weighted by atomic mass is 16.5. The van der Waals surface area contributed by atoms with E-state index in [9.17, 15) is 19.2 Å². The van der Waals surface area contributed by atoms with Gasteiger partial charge in [-0.25, -0.2) is 4.79 Å². The number of nitrogens with zero attached hydrogens (tertiary/aromatic N) is 1. The number of esters is 1. The van der Waals surface area contributed by atoms with Gasteiger partial charge in [0.1, 0.15) is 0 Å². The first kappa shape index (κ1) is 22.7. The lowest BCUT2D eigenvalue weighted by Gasteiger charge is -2.16. The van der Waals surface area contributed by atoms with Crippen LogP contribution >= 0.6 is 0 Å². The van der Waals surface area contributed by atoms with Gasteiger partial charge in [0.25, 0.3) is 17.7 Å². The molecule has 0 aromatic heterocycles. The third-order valence-electron chi connectivity index (χ3n) is 5.44. The molecule has 7 heteroatoms. The highest BCUT2D eigenvalue weighted by Gasteiger charge is 2.35. The average molecular weight is 454 g/mol. The maximum Gasteiger partial charge on any atom is 0.338 e. The number of benzene rings is 3. The predicted octanol–water partition coefficient (Wildman–Crippen LogP) is 4.32. The average Bonchev–Trinajstić information content (AvgIpc) is 3.09. The minimum atomic E-state index is -1.10. The Morgan fingerprint density at radius 2 is 1.62 bits per heavy atom. The quantitative estimate of drug-likeness (QED) is 0.326. The number of nitrogens with one attached hydrogen (secondary N) is 1. The van der Waals surface area contributed by atoms with Gasteiger partial charge >= 0.3 is 5.97 Å². The van der Waals surface area contributed by atoms with Crippen LogP contribution in [0.25, 0.3) is 11.1 Å². The lowest BCUT2D eigenvalue weighted by atomic mass is 10.0. The van der Waals surface area contributed by atoms with E-state index in [0.717, 1.165) is 16.0 Å². The Labute approximate surface area is 196 Å². The van der Waals surface area contributed by atoms with Gasteiger partial charge in [-0.15, -0.1) is 6.58 Å². The first-order valence-electron chi connectivity index (χ1n) is 10.7. The van der Waals surface area contributed by atoms with Crippen LogP contribution < -0.4 is 5.32 Å². The summed E-state index contributed by atoms with van der Waals surface area (Å²) in [4.78, 5) is 51.3. The first-order valence-corrected chi connectivity index (χ1v) is 10.7. The minimum Gasteiger partial charge on any atom is -0.449 e. The number of anilines is 1. The van der Waals surface area contributed by atoms with Crippen LogP contribution in [0, 0.1) is 0 Å². The fourth-order valence-electron chi connectivity index (χ4n) is 3.69. The van der Waals surface area contributed by atoms with Crippen molar-refractivity contribution in [3.63, 3.8) is 0 Å². The highest BCUT2D eigenvalue weighted by Crippen LogP contribution is 2.28. The fourth-order valence-corrected chi connectivity index (χ4v) is 3.69. The topological polar surface area (TPSA) is 92.8 Å². The Morgan fingerprint density at radius 3 is 2.35 bits per heavy atom. The number of ether oxygens (including phenoxy) is 1. The first-order chi connectivity index (χ1) is 16.4. The Morgan fingerprint density at radius 1 is 0.941 bits per heavy atom. The van der Waals surface area contributed by atoms with Gasteiger partial charge in [-0.2, -0.15) is 0 Å². The molecule has 1 aliphatic heterocycles. The summed E-state index contributed by atoms with van der Waals surface area (Å²) in [5, 5.41) is 2.81. The predicted molar refractivity (Wildman–Crippen MR) is 127 cm³/mol. The van der Waals surface area contributed by atoms with E-state index in [1.807, 2.05) is 42.5 Å². The zero-order valence-electron chi connectivity index (χ0n) is 18.5. The number of carbonyl (C=O) groups is 4. The van der Waals surface area contributed by atoms with Gasteiger partial charge in [0.05, 0.1) is 16.7 Å². The number of hydrogen-bond acceptors (Lipinski definition) is 5. The van der Waals surface area contributed by atoms with Gasteiger partial charge in [0.2, 0.25) is 0 Å². The number of para-hydroxylation sites is 1. The smallest absolute Gasteiger partial charge is 0.338 e. The standard InChI is InChI=1S/C27H22N2O5/c1-3-15-29-25(31)21-14-13-19(16-22(21)26(29)32)27(33)34-17(2)24(30)28-23-12-8-7-11-20(23)18-9-5-4-6-10-18/h3-14,16-17H,1,15H2,2H3,(H,28,30). The SMILES string of the molecule is C=CCN1C(=O)c2ccc(C(=O)OC(C)C(=O)Nc3ccccc3-c3ccccc3)cc2C1=O. The van der Waals surface area contributed by atoms with Gasteiger partial charge in [0, 0.05) is 17.8 Å². The summed E-state index contributed by atoms with van der Waals surface area (Å²) in [5.74, 6) is -2.21. The van der Waals surface area contributed by atoms with E-state index in [4.69, 9.17) is 4.74 Å². The molecule has 4 rings (SSSR count). The van der Waals surface area contributed by atoms with Crippen molar-refractivity contribution >= 4 is 29.4 Å². The van der Waals surface area contributed by atoms with E-state index < -0.39 is 29.8 Å². The van der Waals surface area contributed by atoms with Crippen LogP contribution in [0.5, 0.6) is 0 Å². The largest absolute Gasteiger partial charge is 0.449 e. The van der Waals surface area contributed by atoms with Gasteiger partial charge in [0.15, 0.2) is 6.10 Å². The maximum atomic E-state index is 12.8. The number of imide groups is 1. The lowest BCUT2D eigenvalue weighted by Crippen LogP contribution is -2.30. The molecule has 0 spiro atoms. The Kier molecular flexibility index (Phi) is 6.36. The zero-order valence-corrected chi connectivity index (χ0v) is 18.5. The Hall–Kier alpha value is -4.52. The van der Waals surface area contributed by atoms with Crippen molar-refractivity contribution in [2.75, 3.05) is 11.9 Å². The lowest BCUT2D eigenvalue weighted by molar-refractivity contribution is -0.123. The van der Waals surface area contributed by atoms with Crippen molar-refractivity contribution in [3.8, 4) is 11.1 Å². The molecule has 7 nitrogen and oxygen atoms in total. The summed E-state index contributed by atoms with van der Waals surface area (Å²) in [5.41, 5.74) is 2.77. The van der Waals surface area contributed by atoms with Crippen LogP contribution in [0.15, 0.2) is 85.5 Å². The van der Waals surface area contributed by atoms with Crippen molar-refractivity contribution in [3.05, 3.63) is 102 Å². The molecular formula is C27H22N2O5. The summed E-state index contributed by atoms with van der Waals surface area (Å²) < 4.78 is 5.34. The van der Waals surface area contributed by atoms with Gasteiger partial charge < -0.3 is 10.1 Å². The molecule has 0 saturated carbocycles. The molecule has 3 aromatic rings. The van der Waals surface area contributed by atoms with E-state index in [1.165, 1.54) is 31.2 Å². The highest BCUT2D eigenvalue weighted by molar-refractivity contribution is 6.22. The van der Waals surface area contributed by atoms with Crippen LogP contribution in [0.2, 0.25) is 0 Å². The third kappa shape index (κ3) is 4.36. The van der Waals surface area contributed by atoms with Crippen LogP contribution in [0.4, 0.5) is 5.69 Å². The van der Waals surface area contributed by atoms with Crippen molar-refractivity contribution in [1.29, 1.82) is 0 Å². The molecule has 1 heterocycles. The van der Waals surface area contributed by atoms with Crippen molar-refractivity contribution in [2.45, 2.75) is 13.0 Å². The van der Waals surface area contributed by atoms with Crippen molar-refractivity contribution in [1.82, 2.24) is 4.90 Å². The summed E-state index contributed by atoms with van der Waals surface area (Å²) >= 11 is 0. The molecule has 0 bridgehead atoms. The van der Waals surface area contributed by atoms with Gasteiger partial charge in [-0.1, -0.05) is 54.6 Å². The van der Waals surface area contributed by atoms with Crippen LogP contribution in [-0.2, 0) is 9.53 Å². The molecule has 0 fully saturated rings. The minimum absolute atomic E-state index is 0.0738. The number of carbonyl (C=O) groups excluding carboxylic acids is 4. The van der Waals surface area contributed by atoms with Crippen molar-refractivity contribution in [2.24, 2.45) is 0 Å².